The molecule has 2 heterocycles. The van der Waals surface area contributed by atoms with Gasteiger partial charge in [-0.15, -0.1) is 11.3 Å². The fourth-order valence-electron chi connectivity index (χ4n) is 3.13. The summed E-state index contributed by atoms with van der Waals surface area (Å²) >= 11 is 1.39. The second-order valence-electron chi connectivity index (χ2n) is 6.72. The van der Waals surface area contributed by atoms with Crippen LogP contribution in [0.15, 0.2) is 64.2 Å². The third-order valence-corrected chi connectivity index (χ3v) is 5.35. The van der Waals surface area contributed by atoms with Crippen LogP contribution in [0, 0.1) is 5.92 Å². The fraction of sp³-hybridized carbons (Fsp3) is 0.190. The molecule has 0 aliphatic rings. The first kappa shape index (κ1) is 16.7. The summed E-state index contributed by atoms with van der Waals surface area (Å²) < 4.78 is 2.49. The molecule has 0 atom stereocenters. The van der Waals surface area contributed by atoms with Crippen LogP contribution in [0.25, 0.3) is 31.7 Å². The monoisotopic (exact) mass is 362 g/mol. The zero-order chi connectivity index (χ0) is 18.3. The molecule has 0 bridgehead atoms. The molecule has 0 radical (unpaired) electrons. The van der Waals surface area contributed by atoms with Crippen molar-refractivity contribution in [2.75, 3.05) is 0 Å². The standard InChI is InChI=1S/C21H18N2O2S/c1-13(2)12-23-19(14-8-4-3-5-9-14)22-20-17(21(23)25)18(24)15-10-6-7-11-16(15)26-20/h3-11,13H,12H2,1-2H3. The Morgan fingerprint density at radius 1 is 1.00 bits per heavy atom. The highest BCUT2D eigenvalue weighted by Crippen LogP contribution is 2.25. The number of nitrogens with zero attached hydrogens (tertiary/aromatic N) is 2. The third kappa shape index (κ3) is 2.74. The molecule has 4 rings (SSSR count). The zero-order valence-corrected chi connectivity index (χ0v) is 15.4. The van der Waals surface area contributed by atoms with Crippen molar-refractivity contribution in [2.24, 2.45) is 5.92 Å². The second kappa shape index (κ2) is 6.50. The first-order valence-electron chi connectivity index (χ1n) is 8.58. The molecule has 130 valence electrons. The van der Waals surface area contributed by atoms with Gasteiger partial charge < -0.3 is 0 Å². The highest BCUT2D eigenvalue weighted by atomic mass is 32.1. The first-order valence-corrected chi connectivity index (χ1v) is 9.39. The largest absolute Gasteiger partial charge is 0.292 e. The lowest BCUT2D eigenvalue weighted by Crippen LogP contribution is -2.28. The Labute approximate surface area is 154 Å². The maximum Gasteiger partial charge on any atom is 0.266 e. The molecule has 2 aromatic heterocycles. The van der Waals surface area contributed by atoms with E-state index in [0.717, 1.165) is 10.3 Å². The van der Waals surface area contributed by atoms with Gasteiger partial charge in [-0.25, -0.2) is 4.98 Å². The predicted molar refractivity (Wildman–Crippen MR) is 108 cm³/mol. The molecule has 2 aromatic carbocycles. The molecular formula is C21H18N2O2S. The summed E-state index contributed by atoms with van der Waals surface area (Å²) in [6.07, 6.45) is 0. The van der Waals surface area contributed by atoms with Gasteiger partial charge in [0.25, 0.3) is 5.56 Å². The Hall–Kier alpha value is -2.79. The normalized spacial score (nSPS) is 11.5. The summed E-state index contributed by atoms with van der Waals surface area (Å²) in [5.74, 6) is 0.872. The summed E-state index contributed by atoms with van der Waals surface area (Å²) in [6.45, 7) is 4.61. The highest BCUT2D eigenvalue weighted by Gasteiger charge is 2.18. The molecule has 4 aromatic rings. The zero-order valence-electron chi connectivity index (χ0n) is 14.6. The van der Waals surface area contributed by atoms with Gasteiger partial charge in [0, 0.05) is 22.2 Å². The van der Waals surface area contributed by atoms with E-state index in [9.17, 15) is 9.59 Å². The third-order valence-electron chi connectivity index (χ3n) is 4.28. The SMILES string of the molecule is CC(C)Cn1c(-c2ccccc2)nc2sc3ccccc3c(=O)c2c1=O. The maximum atomic E-state index is 13.3. The predicted octanol–water partition coefficient (Wildman–Crippen LogP) is 4.29. The molecule has 0 unspecified atom stereocenters. The van der Waals surface area contributed by atoms with Crippen LogP contribution in [0.3, 0.4) is 0 Å². The van der Waals surface area contributed by atoms with Crippen LogP contribution in [-0.4, -0.2) is 9.55 Å². The molecular weight excluding hydrogens is 344 g/mol. The highest BCUT2D eigenvalue weighted by molar-refractivity contribution is 7.24. The van der Waals surface area contributed by atoms with Crippen LogP contribution in [0.4, 0.5) is 0 Å². The molecule has 26 heavy (non-hydrogen) atoms. The van der Waals surface area contributed by atoms with Gasteiger partial charge in [0.2, 0.25) is 5.43 Å². The molecule has 4 nitrogen and oxygen atoms in total. The Balaban J connectivity index is 2.16. The lowest BCUT2D eigenvalue weighted by Gasteiger charge is -2.15. The average Bonchev–Trinajstić information content (AvgIpc) is 2.64. The Morgan fingerprint density at radius 3 is 2.42 bits per heavy atom. The van der Waals surface area contributed by atoms with Crippen molar-refractivity contribution in [3.05, 3.63) is 75.2 Å². The average molecular weight is 362 g/mol. The summed E-state index contributed by atoms with van der Waals surface area (Å²) in [4.78, 5) is 31.4. The molecule has 0 amide bonds. The Morgan fingerprint density at radius 2 is 1.69 bits per heavy atom. The van der Waals surface area contributed by atoms with Gasteiger partial charge in [-0.2, -0.15) is 0 Å². The van der Waals surface area contributed by atoms with E-state index in [2.05, 4.69) is 0 Å². The molecule has 0 fully saturated rings. The van der Waals surface area contributed by atoms with Gasteiger partial charge in [0.05, 0.1) is 0 Å². The molecule has 0 saturated carbocycles. The van der Waals surface area contributed by atoms with E-state index in [0.29, 0.717) is 22.6 Å². The number of hydrogen-bond acceptors (Lipinski definition) is 4. The van der Waals surface area contributed by atoms with Gasteiger partial charge in [0.15, 0.2) is 0 Å². The van der Waals surface area contributed by atoms with Crippen LogP contribution in [0.5, 0.6) is 0 Å². The van der Waals surface area contributed by atoms with E-state index < -0.39 is 0 Å². The first-order chi connectivity index (χ1) is 12.6. The van der Waals surface area contributed by atoms with Gasteiger partial charge in [-0.1, -0.05) is 56.3 Å². The fourth-order valence-corrected chi connectivity index (χ4v) is 4.17. The van der Waals surface area contributed by atoms with Gasteiger partial charge in [-0.3, -0.25) is 14.2 Å². The van der Waals surface area contributed by atoms with Crippen LogP contribution in [-0.2, 0) is 6.54 Å². The number of hydrogen-bond donors (Lipinski definition) is 0. The van der Waals surface area contributed by atoms with E-state index in [-0.39, 0.29) is 22.3 Å². The van der Waals surface area contributed by atoms with Crippen molar-refractivity contribution in [3.8, 4) is 11.4 Å². The van der Waals surface area contributed by atoms with Crippen molar-refractivity contribution in [1.82, 2.24) is 9.55 Å². The minimum absolute atomic E-state index is 0.189. The second-order valence-corrected chi connectivity index (χ2v) is 7.75. The molecule has 0 saturated heterocycles. The van der Waals surface area contributed by atoms with Crippen LogP contribution >= 0.6 is 11.3 Å². The number of rotatable bonds is 3. The summed E-state index contributed by atoms with van der Waals surface area (Å²) in [5, 5.41) is 0.765. The van der Waals surface area contributed by atoms with Crippen molar-refractivity contribution < 1.29 is 0 Å². The minimum Gasteiger partial charge on any atom is -0.292 e. The number of benzene rings is 2. The van der Waals surface area contributed by atoms with E-state index >= 15 is 0 Å². The van der Waals surface area contributed by atoms with Gasteiger partial charge >= 0.3 is 0 Å². The van der Waals surface area contributed by atoms with Crippen LogP contribution in [0.1, 0.15) is 13.8 Å². The topological polar surface area (TPSA) is 52.0 Å². The van der Waals surface area contributed by atoms with E-state index in [1.54, 1.807) is 10.6 Å². The summed E-state index contributed by atoms with van der Waals surface area (Å²) in [5.41, 5.74) is 0.387. The molecule has 0 aliphatic heterocycles. The number of fused-ring (bicyclic) bond motifs is 2. The van der Waals surface area contributed by atoms with Crippen molar-refractivity contribution in [3.63, 3.8) is 0 Å². The van der Waals surface area contributed by atoms with Crippen molar-refractivity contribution in [2.45, 2.75) is 20.4 Å². The van der Waals surface area contributed by atoms with Crippen LogP contribution < -0.4 is 11.0 Å². The summed E-state index contributed by atoms with van der Waals surface area (Å²) in [6, 6.07) is 17.0. The van der Waals surface area contributed by atoms with Crippen molar-refractivity contribution in [1.29, 1.82) is 0 Å². The van der Waals surface area contributed by atoms with Gasteiger partial charge in [0.1, 0.15) is 16.0 Å². The van der Waals surface area contributed by atoms with Crippen molar-refractivity contribution >= 4 is 31.6 Å². The van der Waals surface area contributed by atoms with Crippen LogP contribution in [0.2, 0.25) is 0 Å². The Kier molecular flexibility index (Phi) is 4.17. The Bertz CT molecular complexity index is 1220. The minimum atomic E-state index is -0.255. The number of aromatic nitrogens is 2. The lowest BCUT2D eigenvalue weighted by molar-refractivity contribution is 0.513. The molecule has 0 spiro atoms. The summed E-state index contributed by atoms with van der Waals surface area (Å²) in [7, 11) is 0. The molecule has 0 aliphatic carbocycles. The molecule has 5 heteroatoms. The maximum absolute atomic E-state index is 13.3. The quantitative estimate of drug-likeness (QED) is 0.511. The molecule has 0 N–H and O–H groups in total. The van der Waals surface area contributed by atoms with E-state index in [4.69, 9.17) is 4.98 Å². The van der Waals surface area contributed by atoms with E-state index in [1.807, 2.05) is 62.4 Å². The van der Waals surface area contributed by atoms with E-state index in [1.165, 1.54) is 11.3 Å². The van der Waals surface area contributed by atoms with Gasteiger partial charge in [-0.05, 0) is 18.1 Å². The lowest BCUT2D eigenvalue weighted by atomic mass is 10.1. The smallest absolute Gasteiger partial charge is 0.266 e.